The summed E-state index contributed by atoms with van der Waals surface area (Å²) in [6.45, 7) is 6.61. The number of hydrogen-bond acceptors (Lipinski definition) is 4. The van der Waals surface area contributed by atoms with E-state index in [1.54, 1.807) is 24.3 Å². The first-order valence-electron chi connectivity index (χ1n) is 9.11. The van der Waals surface area contributed by atoms with Gasteiger partial charge in [-0.1, -0.05) is 38.1 Å². The lowest BCUT2D eigenvalue weighted by molar-refractivity contribution is 0.0671. The van der Waals surface area contributed by atoms with Crippen molar-refractivity contribution in [2.24, 2.45) is 0 Å². The van der Waals surface area contributed by atoms with Gasteiger partial charge in [-0.2, -0.15) is 8.42 Å². The molecule has 5 nitrogen and oxygen atoms in total. The van der Waals surface area contributed by atoms with Crippen LogP contribution in [0, 0.1) is 0 Å². The van der Waals surface area contributed by atoms with E-state index in [0.29, 0.717) is 12.1 Å². The van der Waals surface area contributed by atoms with Gasteiger partial charge < -0.3 is 9.08 Å². The van der Waals surface area contributed by atoms with Crippen molar-refractivity contribution in [3.8, 4) is 5.75 Å². The molecular weight excluding hydrogens is 362 g/mol. The fraction of sp³-hybridized carbons (Fsp3) is 0.381. The zero-order chi connectivity index (χ0) is 20.0. The number of carbonyl (C=O) groups excluding carboxylic acids is 1. The lowest BCUT2D eigenvalue weighted by Gasteiger charge is -2.29. The SMILES string of the molecule is CCc1ccc(C(=O)N(Cc2ccc(OS(C)(=O)=O)cc2)C(C)CC)cc1. The topological polar surface area (TPSA) is 63.7 Å². The number of carbonyl (C=O) groups is 1. The van der Waals surface area contributed by atoms with Gasteiger partial charge in [0.15, 0.2) is 0 Å². The molecule has 2 aromatic rings. The summed E-state index contributed by atoms with van der Waals surface area (Å²) in [4.78, 5) is 14.9. The normalized spacial score (nSPS) is 12.4. The van der Waals surface area contributed by atoms with Gasteiger partial charge in [0, 0.05) is 18.2 Å². The van der Waals surface area contributed by atoms with E-state index in [2.05, 4.69) is 6.92 Å². The second-order valence-electron chi connectivity index (χ2n) is 6.67. The molecule has 0 aliphatic carbocycles. The summed E-state index contributed by atoms with van der Waals surface area (Å²) in [7, 11) is -3.55. The van der Waals surface area contributed by atoms with Crippen LogP contribution in [0.3, 0.4) is 0 Å². The van der Waals surface area contributed by atoms with Crippen molar-refractivity contribution in [2.75, 3.05) is 6.26 Å². The van der Waals surface area contributed by atoms with Crippen LogP contribution in [-0.4, -0.2) is 31.5 Å². The summed E-state index contributed by atoms with van der Waals surface area (Å²) in [6.07, 6.45) is 2.79. The third-order valence-corrected chi connectivity index (χ3v) is 5.01. The van der Waals surface area contributed by atoms with E-state index in [1.165, 1.54) is 5.56 Å². The maximum Gasteiger partial charge on any atom is 0.306 e. The van der Waals surface area contributed by atoms with Gasteiger partial charge in [0.25, 0.3) is 5.91 Å². The Balaban J connectivity index is 2.19. The molecule has 2 rings (SSSR count). The quantitative estimate of drug-likeness (QED) is 0.640. The molecule has 1 amide bonds. The number of aryl methyl sites for hydroxylation is 1. The van der Waals surface area contributed by atoms with E-state index >= 15 is 0 Å². The second kappa shape index (κ2) is 9.04. The van der Waals surface area contributed by atoms with Gasteiger partial charge in [-0.05, 0) is 55.2 Å². The Bertz CT molecular complexity index is 858. The molecule has 27 heavy (non-hydrogen) atoms. The summed E-state index contributed by atoms with van der Waals surface area (Å²) in [6, 6.07) is 14.6. The summed E-state index contributed by atoms with van der Waals surface area (Å²) >= 11 is 0. The highest BCUT2D eigenvalue weighted by Gasteiger charge is 2.21. The van der Waals surface area contributed by atoms with E-state index in [-0.39, 0.29) is 17.7 Å². The monoisotopic (exact) mass is 389 g/mol. The molecule has 0 heterocycles. The molecule has 146 valence electrons. The Morgan fingerprint density at radius 3 is 2.04 bits per heavy atom. The summed E-state index contributed by atoms with van der Waals surface area (Å²) in [5.41, 5.74) is 2.78. The van der Waals surface area contributed by atoms with Crippen LogP contribution >= 0.6 is 0 Å². The predicted octanol–water partition coefficient (Wildman–Crippen LogP) is 4.03. The highest BCUT2D eigenvalue weighted by molar-refractivity contribution is 7.86. The molecule has 2 aromatic carbocycles. The molecule has 0 fully saturated rings. The zero-order valence-electron chi connectivity index (χ0n) is 16.3. The Morgan fingerprint density at radius 2 is 1.56 bits per heavy atom. The van der Waals surface area contributed by atoms with E-state index in [0.717, 1.165) is 24.7 Å². The average molecular weight is 390 g/mol. The molecule has 0 aliphatic rings. The van der Waals surface area contributed by atoms with Crippen LogP contribution in [-0.2, 0) is 23.1 Å². The number of benzene rings is 2. The highest BCUT2D eigenvalue weighted by Crippen LogP contribution is 2.19. The molecule has 0 spiro atoms. The smallest absolute Gasteiger partial charge is 0.306 e. The first-order chi connectivity index (χ1) is 12.7. The van der Waals surface area contributed by atoms with Crippen molar-refractivity contribution in [1.29, 1.82) is 0 Å². The molecule has 0 N–H and O–H groups in total. The van der Waals surface area contributed by atoms with Gasteiger partial charge in [0.1, 0.15) is 5.75 Å². The van der Waals surface area contributed by atoms with Gasteiger partial charge in [-0.15, -0.1) is 0 Å². The zero-order valence-corrected chi connectivity index (χ0v) is 17.1. The summed E-state index contributed by atoms with van der Waals surface area (Å²) < 4.78 is 27.3. The van der Waals surface area contributed by atoms with Crippen molar-refractivity contribution >= 4 is 16.0 Å². The fourth-order valence-corrected chi connectivity index (χ4v) is 3.18. The number of hydrogen-bond donors (Lipinski definition) is 0. The lowest BCUT2D eigenvalue weighted by atomic mass is 10.1. The van der Waals surface area contributed by atoms with Crippen LogP contribution in [0.5, 0.6) is 5.75 Å². The predicted molar refractivity (Wildman–Crippen MR) is 107 cm³/mol. The molecule has 0 radical (unpaired) electrons. The van der Waals surface area contributed by atoms with Gasteiger partial charge in [-0.25, -0.2) is 0 Å². The van der Waals surface area contributed by atoms with Gasteiger partial charge >= 0.3 is 10.1 Å². The van der Waals surface area contributed by atoms with Gasteiger partial charge in [0.05, 0.1) is 6.26 Å². The van der Waals surface area contributed by atoms with Crippen molar-refractivity contribution in [1.82, 2.24) is 4.90 Å². The van der Waals surface area contributed by atoms with E-state index in [1.807, 2.05) is 43.0 Å². The van der Waals surface area contributed by atoms with Crippen LogP contribution in [0.15, 0.2) is 48.5 Å². The van der Waals surface area contributed by atoms with Crippen LogP contribution < -0.4 is 4.18 Å². The minimum absolute atomic E-state index is 0.0107. The van der Waals surface area contributed by atoms with Crippen LogP contribution in [0.25, 0.3) is 0 Å². The third-order valence-electron chi connectivity index (χ3n) is 4.52. The summed E-state index contributed by atoms with van der Waals surface area (Å²) in [5, 5.41) is 0. The highest BCUT2D eigenvalue weighted by atomic mass is 32.2. The Hall–Kier alpha value is -2.34. The summed E-state index contributed by atoms with van der Waals surface area (Å²) in [5.74, 6) is 0.251. The first kappa shape index (κ1) is 21.0. The number of nitrogens with zero attached hydrogens (tertiary/aromatic N) is 1. The number of rotatable bonds is 8. The first-order valence-corrected chi connectivity index (χ1v) is 10.9. The van der Waals surface area contributed by atoms with Gasteiger partial charge in [0.2, 0.25) is 0 Å². The minimum Gasteiger partial charge on any atom is -0.383 e. The van der Waals surface area contributed by atoms with E-state index in [9.17, 15) is 13.2 Å². The Kier molecular flexibility index (Phi) is 7.02. The lowest BCUT2D eigenvalue weighted by Crippen LogP contribution is -2.37. The Morgan fingerprint density at radius 1 is 1.00 bits per heavy atom. The maximum atomic E-state index is 13.0. The maximum absolute atomic E-state index is 13.0. The van der Waals surface area contributed by atoms with Crippen molar-refractivity contribution in [3.63, 3.8) is 0 Å². The second-order valence-corrected chi connectivity index (χ2v) is 8.25. The van der Waals surface area contributed by atoms with Crippen molar-refractivity contribution < 1.29 is 17.4 Å². The number of amides is 1. The molecule has 0 aromatic heterocycles. The molecule has 1 atom stereocenters. The molecule has 6 heteroatoms. The minimum atomic E-state index is -3.55. The van der Waals surface area contributed by atoms with Crippen LogP contribution in [0.4, 0.5) is 0 Å². The molecule has 0 aliphatic heterocycles. The van der Waals surface area contributed by atoms with Crippen molar-refractivity contribution in [3.05, 3.63) is 65.2 Å². The largest absolute Gasteiger partial charge is 0.383 e. The fourth-order valence-electron chi connectivity index (χ4n) is 2.72. The molecule has 0 saturated heterocycles. The Labute approximate surface area is 162 Å². The van der Waals surface area contributed by atoms with Crippen LogP contribution in [0.1, 0.15) is 48.7 Å². The van der Waals surface area contributed by atoms with E-state index < -0.39 is 10.1 Å². The third kappa shape index (κ3) is 6.10. The van der Waals surface area contributed by atoms with Gasteiger partial charge in [-0.3, -0.25) is 4.79 Å². The molecule has 1 unspecified atom stereocenters. The molecular formula is C21H27NO4S. The molecule has 0 bridgehead atoms. The van der Waals surface area contributed by atoms with Crippen LogP contribution in [0.2, 0.25) is 0 Å². The average Bonchev–Trinajstić information content (AvgIpc) is 2.65. The van der Waals surface area contributed by atoms with E-state index in [4.69, 9.17) is 4.18 Å². The standard InChI is InChI=1S/C21H27NO4S/c1-5-16(3)22(21(23)19-11-7-17(6-2)8-12-19)15-18-9-13-20(14-10-18)26-27(4,24)25/h7-14,16H,5-6,15H2,1-4H3. The molecule has 0 saturated carbocycles. The van der Waals surface area contributed by atoms with Crippen molar-refractivity contribution in [2.45, 2.75) is 46.2 Å².